The monoisotopic (exact) mass is 220 g/mol. The summed E-state index contributed by atoms with van der Waals surface area (Å²) in [4.78, 5) is 11.7. The van der Waals surface area contributed by atoms with Crippen LogP contribution in [0.25, 0.3) is 0 Å². The van der Waals surface area contributed by atoms with E-state index in [2.05, 4.69) is 5.32 Å². The standard InChI is InChI=1S/C12H16N2O2/c1-7-5-8(2)11-9(6-7)14-12(15)10(16-11)3-4-13/h5-6,10H,3-4,13H2,1-2H3,(H,14,15). The molecule has 0 aromatic heterocycles. The van der Waals surface area contributed by atoms with Crippen molar-refractivity contribution in [2.24, 2.45) is 5.73 Å². The second-order valence-electron chi connectivity index (χ2n) is 4.13. The van der Waals surface area contributed by atoms with Crippen LogP contribution in [-0.2, 0) is 4.79 Å². The van der Waals surface area contributed by atoms with E-state index in [1.54, 1.807) is 0 Å². The molecule has 0 radical (unpaired) electrons. The highest BCUT2D eigenvalue weighted by Crippen LogP contribution is 2.34. The lowest BCUT2D eigenvalue weighted by molar-refractivity contribution is -0.123. The normalized spacial score (nSPS) is 18.7. The number of nitrogens with two attached hydrogens (primary N) is 1. The van der Waals surface area contributed by atoms with Gasteiger partial charge >= 0.3 is 0 Å². The molecule has 1 atom stereocenters. The van der Waals surface area contributed by atoms with Gasteiger partial charge < -0.3 is 15.8 Å². The number of rotatable bonds is 2. The molecule has 1 aromatic rings. The Labute approximate surface area is 94.8 Å². The van der Waals surface area contributed by atoms with Crippen molar-refractivity contribution in [3.8, 4) is 5.75 Å². The number of aryl methyl sites for hydroxylation is 2. The number of fused-ring (bicyclic) bond motifs is 1. The first-order valence-corrected chi connectivity index (χ1v) is 5.40. The fraction of sp³-hybridized carbons (Fsp3) is 0.417. The highest BCUT2D eigenvalue weighted by molar-refractivity contribution is 5.98. The third-order valence-electron chi connectivity index (χ3n) is 2.66. The SMILES string of the molecule is Cc1cc(C)c2c(c1)NC(=O)C(CCN)O2. The molecule has 4 heteroatoms. The lowest BCUT2D eigenvalue weighted by Crippen LogP contribution is -2.38. The minimum Gasteiger partial charge on any atom is -0.478 e. The highest BCUT2D eigenvalue weighted by Gasteiger charge is 2.27. The van der Waals surface area contributed by atoms with Crippen LogP contribution >= 0.6 is 0 Å². The van der Waals surface area contributed by atoms with Gasteiger partial charge in [-0.05, 0) is 37.6 Å². The Bertz CT molecular complexity index is 429. The smallest absolute Gasteiger partial charge is 0.265 e. The second-order valence-corrected chi connectivity index (χ2v) is 4.13. The van der Waals surface area contributed by atoms with E-state index in [4.69, 9.17) is 10.5 Å². The van der Waals surface area contributed by atoms with Crippen LogP contribution in [0.4, 0.5) is 5.69 Å². The van der Waals surface area contributed by atoms with E-state index in [9.17, 15) is 4.79 Å². The van der Waals surface area contributed by atoms with Crippen LogP contribution in [0.2, 0.25) is 0 Å². The third-order valence-corrected chi connectivity index (χ3v) is 2.66. The molecular formula is C12H16N2O2. The van der Waals surface area contributed by atoms with Crippen molar-refractivity contribution in [2.75, 3.05) is 11.9 Å². The molecule has 0 saturated heterocycles. The second kappa shape index (κ2) is 4.14. The number of nitrogens with one attached hydrogen (secondary N) is 1. The molecule has 1 heterocycles. The number of amides is 1. The van der Waals surface area contributed by atoms with Crippen molar-refractivity contribution in [1.29, 1.82) is 0 Å². The topological polar surface area (TPSA) is 64.4 Å². The van der Waals surface area contributed by atoms with Gasteiger partial charge in [0.25, 0.3) is 5.91 Å². The van der Waals surface area contributed by atoms with Gasteiger partial charge in [-0.3, -0.25) is 4.79 Å². The minimum absolute atomic E-state index is 0.108. The van der Waals surface area contributed by atoms with Gasteiger partial charge in [0.05, 0.1) is 5.69 Å². The summed E-state index contributed by atoms with van der Waals surface area (Å²) in [6.45, 7) is 4.41. The summed E-state index contributed by atoms with van der Waals surface area (Å²) in [7, 11) is 0. The summed E-state index contributed by atoms with van der Waals surface area (Å²) in [5.41, 5.74) is 8.35. The van der Waals surface area contributed by atoms with Crippen molar-refractivity contribution in [1.82, 2.24) is 0 Å². The molecule has 0 saturated carbocycles. The fourth-order valence-corrected chi connectivity index (χ4v) is 1.95. The lowest BCUT2D eigenvalue weighted by atomic mass is 10.1. The van der Waals surface area contributed by atoms with Gasteiger partial charge in [-0.1, -0.05) is 6.07 Å². The summed E-state index contributed by atoms with van der Waals surface area (Å²) in [5, 5.41) is 2.86. The number of anilines is 1. The van der Waals surface area contributed by atoms with E-state index in [0.29, 0.717) is 13.0 Å². The minimum atomic E-state index is -0.459. The van der Waals surface area contributed by atoms with Gasteiger partial charge in [-0.15, -0.1) is 0 Å². The number of hydrogen-bond acceptors (Lipinski definition) is 3. The number of carbonyl (C=O) groups excluding carboxylic acids is 1. The maximum absolute atomic E-state index is 11.7. The van der Waals surface area contributed by atoms with Gasteiger partial charge in [-0.25, -0.2) is 0 Å². The zero-order valence-corrected chi connectivity index (χ0v) is 9.54. The largest absolute Gasteiger partial charge is 0.478 e. The van der Waals surface area contributed by atoms with Gasteiger partial charge in [0.1, 0.15) is 5.75 Å². The first kappa shape index (κ1) is 11.0. The van der Waals surface area contributed by atoms with E-state index < -0.39 is 6.10 Å². The van der Waals surface area contributed by atoms with E-state index in [0.717, 1.165) is 22.6 Å². The van der Waals surface area contributed by atoms with Gasteiger partial charge in [-0.2, -0.15) is 0 Å². The Morgan fingerprint density at radius 1 is 1.44 bits per heavy atom. The zero-order chi connectivity index (χ0) is 11.7. The Balaban J connectivity index is 2.35. The maximum atomic E-state index is 11.7. The average molecular weight is 220 g/mol. The van der Waals surface area contributed by atoms with Crippen LogP contribution in [0, 0.1) is 13.8 Å². The summed E-state index contributed by atoms with van der Waals surface area (Å²) >= 11 is 0. The Morgan fingerprint density at radius 2 is 2.19 bits per heavy atom. The van der Waals surface area contributed by atoms with Crippen molar-refractivity contribution in [3.05, 3.63) is 23.3 Å². The molecule has 1 aliphatic rings. The van der Waals surface area contributed by atoms with Gasteiger partial charge in [0.15, 0.2) is 6.10 Å². The first-order chi connectivity index (χ1) is 7.61. The summed E-state index contributed by atoms with van der Waals surface area (Å²) < 4.78 is 5.68. The number of ether oxygens (including phenoxy) is 1. The number of carbonyl (C=O) groups is 1. The molecule has 1 aromatic carbocycles. The Hall–Kier alpha value is -1.55. The Kier molecular flexibility index (Phi) is 2.83. The van der Waals surface area contributed by atoms with Gasteiger partial charge in [0.2, 0.25) is 0 Å². The molecule has 1 unspecified atom stereocenters. The van der Waals surface area contributed by atoms with Crippen molar-refractivity contribution in [2.45, 2.75) is 26.4 Å². The highest BCUT2D eigenvalue weighted by atomic mass is 16.5. The van der Waals surface area contributed by atoms with E-state index >= 15 is 0 Å². The molecule has 16 heavy (non-hydrogen) atoms. The van der Waals surface area contributed by atoms with Crippen molar-refractivity contribution >= 4 is 11.6 Å². The third kappa shape index (κ3) is 1.88. The molecule has 3 N–H and O–H groups in total. The molecule has 4 nitrogen and oxygen atoms in total. The van der Waals surface area contributed by atoms with Crippen LogP contribution < -0.4 is 15.8 Å². The summed E-state index contributed by atoms with van der Waals surface area (Å²) in [5.74, 6) is 0.659. The quantitative estimate of drug-likeness (QED) is 0.790. The zero-order valence-electron chi connectivity index (χ0n) is 9.54. The van der Waals surface area contributed by atoms with Crippen LogP contribution in [0.15, 0.2) is 12.1 Å². The number of hydrogen-bond donors (Lipinski definition) is 2. The predicted octanol–water partition coefficient (Wildman–Crippen LogP) is 1.35. The van der Waals surface area contributed by atoms with E-state index in [1.807, 2.05) is 26.0 Å². The molecule has 0 fully saturated rings. The van der Waals surface area contributed by atoms with Gasteiger partial charge in [0, 0.05) is 6.42 Å². The van der Waals surface area contributed by atoms with Crippen molar-refractivity contribution in [3.63, 3.8) is 0 Å². The molecule has 0 bridgehead atoms. The van der Waals surface area contributed by atoms with E-state index in [1.165, 1.54) is 0 Å². The molecular weight excluding hydrogens is 204 g/mol. The lowest BCUT2D eigenvalue weighted by Gasteiger charge is -2.27. The van der Waals surface area contributed by atoms with Crippen LogP contribution in [-0.4, -0.2) is 18.6 Å². The molecule has 1 aliphatic heterocycles. The average Bonchev–Trinajstić information content (AvgIpc) is 2.20. The molecule has 2 rings (SSSR count). The molecule has 86 valence electrons. The maximum Gasteiger partial charge on any atom is 0.265 e. The number of benzene rings is 1. The predicted molar refractivity (Wildman–Crippen MR) is 62.6 cm³/mol. The molecule has 1 amide bonds. The van der Waals surface area contributed by atoms with Crippen LogP contribution in [0.1, 0.15) is 17.5 Å². The summed E-state index contributed by atoms with van der Waals surface area (Å²) in [6.07, 6.45) is 0.0809. The van der Waals surface area contributed by atoms with Crippen LogP contribution in [0.5, 0.6) is 5.75 Å². The van der Waals surface area contributed by atoms with E-state index in [-0.39, 0.29) is 5.91 Å². The summed E-state index contributed by atoms with van der Waals surface area (Å²) in [6, 6.07) is 3.95. The molecule has 0 spiro atoms. The first-order valence-electron chi connectivity index (χ1n) is 5.40. The van der Waals surface area contributed by atoms with Crippen molar-refractivity contribution < 1.29 is 9.53 Å². The molecule has 0 aliphatic carbocycles. The fourth-order valence-electron chi connectivity index (χ4n) is 1.95. The Morgan fingerprint density at radius 3 is 2.88 bits per heavy atom. The van der Waals surface area contributed by atoms with Crippen LogP contribution in [0.3, 0.4) is 0 Å².